The molecule has 0 aliphatic heterocycles. The van der Waals surface area contributed by atoms with Gasteiger partial charge in [0.1, 0.15) is 0 Å². The van der Waals surface area contributed by atoms with E-state index in [1.54, 1.807) is 7.11 Å². The highest BCUT2D eigenvalue weighted by atomic mass is 16.5. The molecule has 110 valence electrons. The number of methoxy groups -OCH3 is 1. The molecule has 4 nitrogen and oxygen atoms in total. The van der Waals surface area contributed by atoms with Gasteiger partial charge in [0.15, 0.2) is 0 Å². The summed E-state index contributed by atoms with van der Waals surface area (Å²) in [4.78, 5) is 4.89. The van der Waals surface area contributed by atoms with E-state index in [0.717, 1.165) is 52.4 Å². The molecule has 0 aromatic carbocycles. The first-order chi connectivity index (χ1) is 8.69. The lowest BCUT2D eigenvalue weighted by atomic mass is 10.3. The molecular weight excluding hydrogens is 226 g/mol. The summed E-state index contributed by atoms with van der Waals surface area (Å²) in [6.07, 6.45) is 0. The van der Waals surface area contributed by atoms with Crippen LogP contribution in [0.3, 0.4) is 0 Å². The standard InChI is InChI=1S/C14H33N3O/c1-6-16(7-2)11-9-15-10-12-17(8-3)14(4)13-18-5/h14-15H,6-13H2,1-5H3. The van der Waals surface area contributed by atoms with E-state index in [1.165, 1.54) is 0 Å². The average molecular weight is 259 g/mol. The summed E-state index contributed by atoms with van der Waals surface area (Å²) in [7, 11) is 1.77. The highest BCUT2D eigenvalue weighted by molar-refractivity contribution is 4.66. The fraction of sp³-hybridized carbons (Fsp3) is 1.00. The van der Waals surface area contributed by atoms with Crippen molar-refractivity contribution in [3.63, 3.8) is 0 Å². The van der Waals surface area contributed by atoms with E-state index in [4.69, 9.17) is 4.74 Å². The SMILES string of the molecule is CCN(CC)CCNCCN(CC)C(C)COC. The summed E-state index contributed by atoms with van der Waals surface area (Å²) in [6, 6.07) is 0.504. The van der Waals surface area contributed by atoms with E-state index in [1.807, 2.05) is 0 Å². The molecule has 0 aromatic heterocycles. The average Bonchev–Trinajstić information content (AvgIpc) is 2.38. The molecule has 0 aliphatic rings. The van der Waals surface area contributed by atoms with E-state index in [-0.39, 0.29) is 0 Å². The van der Waals surface area contributed by atoms with Gasteiger partial charge < -0.3 is 15.0 Å². The molecule has 0 radical (unpaired) electrons. The van der Waals surface area contributed by atoms with Crippen molar-refractivity contribution in [1.29, 1.82) is 0 Å². The first kappa shape index (κ1) is 17.8. The first-order valence-electron chi connectivity index (χ1n) is 7.35. The smallest absolute Gasteiger partial charge is 0.0615 e. The molecule has 0 bridgehead atoms. The monoisotopic (exact) mass is 259 g/mol. The fourth-order valence-electron chi connectivity index (χ4n) is 2.16. The second kappa shape index (κ2) is 11.9. The molecule has 0 amide bonds. The van der Waals surface area contributed by atoms with Crippen LogP contribution in [-0.2, 0) is 4.74 Å². The zero-order valence-electron chi connectivity index (χ0n) is 13.0. The van der Waals surface area contributed by atoms with Gasteiger partial charge >= 0.3 is 0 Å². The normalized spacial score (nSPS) is 13.5. The molecule has 0 saturated carbocycles. The molecule has 1 unspecified atom stereocenters. The topological polar surface area (TPSA) is 27.7 Å². The van der Waals surface area contributed by atoms with Gasteiger partial charge in [-0.25, -0.2) is 0 Å². The van der Waals surface area contributed by atoms with Crippen LogP contribution in [0.5, 0.6) is 0 Å². The van der Waals surface area contributed by atoms with E-state index in [0.29, 0.717) is 6.04 Å². The van der Waals surface area contributed by atoms with Crippen molar-refractivity contribution in [2.24, 2.45) is 0 Å². The second-order valence-electron chi connectivity index (χ2n) is 4.71. The van der Waals surface area contributed by atoms with Crippen LogP contribution >= 0.6 is 0 Å². The Morgan fingerprint density at radius 1 is 1.00 bits per heavy atom. The van der Waals surface area contributed by atoms with Crippen molar-refractivity contribution in [1.82, 2.24) is 15.1 Å². The summed E-state index contributed by atoms with van der Waals surface area (Å²) < 4.78 is 5.21. The molecule has 4 heteroatoms. The summed E-state index contributed by atoms with van der Waals surface area (Å²) >= 11 is 0. The third-order valence-electron chi connectivity index (χ3n) is 3.51. The lowest BCUT2D eigenvalue weighted by molar-refractivity contribution is 0.103. The fourth-order valence-corrected chi connectivity index (χ4v) is 2.16. The Morgan fingerprint density at radius 3 is 2.11 bits per heavy atom. The summed E-state index contributed by atoms with van der Waals surface area (Å²) in [5, 5.41) is 3.52. The van der Waals surface area contributed by atoms with Gasteiger partial charge in [0.2, 0.25) is 0 Å². The summed E-state index contributed by atoms with van der Waals surface area (Å²) in [6.45, 7) is 17.4. The van der Waals surface area contributed by atoms with Crippen LogP contribution in [0.4, 0.5) is 0 Å². The third kappa shape index (κ3) is 8.03. The molecule has 1 N–H and O–H groups in total. The zero-order chi connectivity index (χ0) is 13.8. The van der Waals surface area contributed by atoms with Crippen molar-refractivity contribution < 1.29 is 4.74 Å². The Bertz CT molecular complexity index is 174. The highest BCUT2D eigenvalue weighted by Crippen LogP contribution is 1.97. The minimum Gasteiger partial charge on any atom is -0.383 e. The third-order valence-corrected chi connectivity index (χ3v) is 3.51. The molecular formula is C14H33N3O. The van der Waals surface area contributed by atoms with Gasteiger partial charge in [-0.05, 0) is 26.6 Å². The maximum atomic E-state index is 5.21. The second-order valence-corrected chi connectivity index (χ2v) is 4.71. The number of rotatable bonds is 12. The maximum Gasteiger partial charge on any atom is 0.0615 e. The zero-order valence-corrected chi connectivity index (χ0v) is 13.0. The molecule has 0 fully saturated rings. The van der Waals surface area contributed by atoms with Crippen molar-refractivity contribution >= 4 is 0 Å². The van der Waals surface area contributed by atoms with Crippen LogP contribution in [0.1, 0.15) is 27.7 Å². The van der Waals surface area contributed by atoms with Crippen molar-refractivity contribution in [2.45, 2.75) is 33.7 Å². The Balaban J connectivity index is 3.61. The van der Waals surface area contributed by atoms with Crippen LogP contribution < -0.4 is 5.32 Å². The van der Waals surface area contributed by atoms with E-state index in [9.17, 15) is 0 Å². The maximum absolute atomic E-state index is 5.21. The molecule has 0 spiro atoms. The Kier molecular flexibility index (Phi) is 11.8. The minimum absolute atomic E-state index is 0.504. The van der Waals surface area contributed by atoms with Gasteiger partial charge in [0.25, 0.3) is 0 Å². The van der Waals surface area contributed by atoms with Crippen LogP contribution in [-0.4, -0.2) is 75.4 Å². The molecule has 0 aliphatic carbocycles. The number of hydrogen-bond acceptors (Lipinski definition) is 4. The molecule has 0 heterocycles. The van der Waals surface area contributed by atoms with Crippen LogP contribution in [0.25, 0.3) is 0 Å². The van der Waals surface area contributed by atoms with E-state index >= 15 is 0 Å². The molecule has 0 rings (SSSR count). The number of likely N-dealkylation sites (N-methyl/N-ethyl adjacent to an activating group) is 2. The van der Waals surface area contributed by atoms with Gasteiger partial charge in [-0.3, -0.25) is 4.90 Å². The summed E-state index contributed by atoms with van der Waals surface area (Å²) in [5.41, 5.74) is 0. The predicted molar refractivity (Wildman–Crippen MR) is 79.2 cm³/mol. The van der Waals surface area contributed by atoms with Crippen LogP contribution in [0.15, 0.2) is 0 Å². The lowest BCUT2D eigenvalue weighted by Gasteiger charge is -2.27. The van der Waals surface area contributed by atoms with Crippen LogP contribution in [0, 0.1) is 0 Å². The van der Waals surface area contributed by atoms with Crippen molar-refractivity contribution in [2.75, 3.05) is 59.5 Å². The van der Waals surface area contributed by atoms with E-state index < -0.39 is 0 Å². The lowest BCUT2D eigenvalue weighted by Crippen LogP contribution is -2.41. The molecule has 0 saturated heterocycles. The Morgan fingerprint density at radius 2 is 1.61 bits per heavy atom. The molecule has 18 heavy (non-hydrogen) atoms. The van der Waals surface area contributed by atoms with Gasteiger partial charge in [0.05, 0.1) is 6.61 Å². The van der Waals surface area contributed by atoms with Gasteiger partial charge in [-0.2, -0.15) is 0 Å². The number of nitrogens with zero attached hydrogens (tertiary/aromatic N) is 2. The van der Waals surface area contributed by atoms with Gasteiger partial charge in [-0.15, -0.1) is 0 Å². The van der Waals surface area contributed by atoms with E-state index in [2.05, 4.69) is 42.8 Å². The largest absolute Gasteiger partial charge is 0.383 e. The van der Waals surface area contributed by atoms with Crippen LogP contribution in [0.2, 0.25) is 0 Å². The molecule has 1 atom stereocenters. The Labute approximate surface area is 114 Å². The highest BCUT2D eigenvalue weighted by Gasteiger charge is 2.10. The number of hydrogen-bond donors (Lipinski definition) is 1. The van der Waals surface area contributed by atoms with Crippen molar-refractivity contribution in [3.8, 4) is 0 Å². The first-order valence-corrected chi connectivity index (χ1v) is 7.35. The van der Waals surface area contributed by atoms with Crippen molar-refractivity contribution in [3.05, 3.63) is 0 Å². The van der Waals surface area contributed by atoms with Gasteiger partial charge in [0, 0.05) is 39.3 Å². The predicted octanol–water partition coefficient (Wildman–Crippen LogP) is 1.27. The molecule has 0 aromatic rings. The number of nitrogens with one attached hydrogen (secondary N) is 1. The summed E-state index contributed by atoms with van der Waals surface area (Å²) in [5.74, 6) is 0. The number of ether oxygens (including phenoxy) is 1. The van der Waals surface area contributed by atoms with Gasteiger partial charge in [-0.1, -0.05) is 20.8 Å². The quantitative estimate of drug-likeness (QED) is 0.534. The minimum atomic E-state index is 0.504. The Hall–Kier alpha value is -0.160.